The van der Waals surface area contributed by atoms with Crippen LogP contribution >= 0.6 is 0 Å². The summed E-state index contributed by atoms with van der Waals surface area (Å²) >= 11 is 0. The molecule has 0 fully saturated rings. The van der Waals surface area contributed by atoms with Crippen molar-refractivity contribution < 1.29 is 9.53 Å². The van der Waals surface area contributed by atoms with Gasteiger partial charge in [-0.1, -0.05) is 18.2 Å². The lowest BCUT2D eigenvalue weighted by molar-refractivity contribution is -0.135. The summed E-state index contributed by atoms with van der Waals surface area (Å²) in [5.41, 5.74) is 1.05. The molecule has 1 aliphatic rings. The van der Waals surface area contributed by atoms with Crippen LogP contribution in [-0.4, -0.2) is 33.7 Å². The largest absolute Gasteiger partial charge is 0.491 e. The van der Waals surface area contributed by atoms with E-state index in [9.17, 15) is 4.79 Å². The zero-order valence-corrected chi connectivity index (χ0v) is 11.4. The van der Waals surface area contributed by atoms with Crippen LogP contribution in [0.3, 0.4) is 0 Å². The fraction of sp³-hybridized carbons (Fsp3) is 0.333. The summed E-state index contributed by atoms with van der Waals surface area (Å²) in [5, 5.41) is 4.14. The Morgan fingerprint density at radius 3 is 3.00 bits per heavy atom. The Labute approximate surface area is 117 Å². The SMILES string of the molecule is C[C@H](C(=O)N1CCOc2ccccc2C1)n1cccn1. The molecule has 0 spiro atoms. The van der Waals surface area contributed by atoms with Crippen molar-refractivity contribution in [2.24, 2.45) is 0 Å². The highest BCUT2D eigenvalue weighted by Gasteiger charge is 2.24. The van der Waals surface area contributed by atoms with Gasteiger partial charge in [0.2, 0.25) is 5.91 Å². The molecule has 3 rings (SSSR count). The zero-order chi connectivity index (χ0) is 13.9. The van der Waals surface area contributed by atoms with Crippen molar-refractivity contribution in [2.45, 2.75) is 19.5 Å². The van der Waals surface area contributed by atoms with Gasteiger partial charge in [0, 0.05) is 24.5 Å². The van der Waals surface area contributed by atoms with Crippen LogP contribution in [-0.2, 0) is 11.3 Å². The Morgan fingerprint density at radius 2 is 2.20 bits per heavy atom. The predicted molar refractivity (Wildman–Crippen MR) is 74.3 cm³/mol. The van der Waals surface area contributed by atoms with Crippen LogP contribution in [0.5, 0.6) is 5.75 Å². The van der Waals surface area contributed by atoms with E-state index in [-0.39, 0.29) is 11.9 Å². The number of carbonyl (C=O) groups is 1. The number of para-hydroxylation sites is 1. The second-order valence-corrected chi connectivity index (χ2v) is 4.88. The highest BCUT2D eigenvalue weighted by Crippen LogP contribution is 2.23. The first-order valence-electron chi connectivity index (χ1n) is 6.74. The van der Waals surface area contributed by atoms with Crippen molar-refractivity contribution >= 4 is 5.91 Å². The van der Waals surface area contributed by atoms with E-state index >= 15 is 0 Å². The van der Waals surface area contributed by atoms with Crippen molar-refractivity contribution in [1.82, 2.24) is 14.7 Å². The standard InChI is InChI=1S/C15H17N3O2/c1-12(18-8-4-7-16-18)15(19)17-9-10-20-14-6-3-2-5-13(14)11-17/h2-8,12H,9-11H2,1H3/t12-/m1/s1. The Kier molecular flexibility index (Phi) is 3.41. The second kappa shape index (κ2) is 5.36. The van der Waals surface area contributed by atoms with Crippen molar-refractivity contribution in [3.05, 3.63) is 48.3 Å². The van der Waals surface area contributed by atoms with Crippen molar-refractivity contribution in [2.75, 3.05) is 13.2 Å². The maximum absolute atomic E-state index is 12.6. The number of ether oxygens (including phenoxy) is 1. The minimum Gasteiger partial charge on any atom is -0.491 e. The minimum absolute atomic E-state index is 0.0639. The van der Waals surface area contributed by atoms with Crippen LogP contribution in [0.1, 0.15) is 18.5 Å². The number of amides is 1. The molecule has 2 heterocycles. The third-order valence-electron chi connectivity index (χ3n) is 3.54. The summed E-state index contributed by atoms with van der Waals surface area (Å²) in [6, 6.07) is 9.38. The number of fused-ring (bicyclic) bond motifs is 1. The summed E-state index contributed by atoms with van der Waals surface area (Å²) < 4.78 is 7.36. The first-order chi connectivity index (χ1) is 9.75. The Balaban J connectivity index is 1.79. The van der Waals surface area contributed by atoms with E-state index in [2.05, 4.69) is 5.10 Å². The Morgan fingerprint density at radius 1 is 1.35 bits per heavy atom. The topological polar surface area (TPSA) is 47.4 Å². The smallest absolute Gasteiger partial charge is 0.247 e. The van der Waals surface area contributed by atoms with E-state index in [0.717, 1.165) is 11.3 Å². The molecule has 0 saturated carbocycles. The lowest BCUT2D eigenvalue weighted by Crippen LogP contribution is -2.37. The number of rotatable bonds is 2. The van der Waals surface area contributed by atoms with Crippen molar-refractivity contribution in [3.63, 3.8) is 0 Å². The summed E-state index contributed by atoms with van der Waals surface area (Å²) in [7, 11) is 0. The van der Waals surface area contributed by atoms with Gasteiger partial charge < -0.3 is 9.64 Å². The van der Waals surface area contributed by atoms with E-state index in [1.165, 1.54) is 0 Å². The number of carbonyl (C=O) groups excluding carboxylic acids is 1. The van der Waals surface area contributed by atoms with E-state index in [1.807, 2.05) is 48.4 Å². The molecule has 20 heavy (non-hydrogen) atoms. The summed E-state index contributed by atoms with van der Waals surface area (Å²) in [5.74, 6) is 0.934. The molecule has 0 bridgehead atoms. The van der Waals surface area contributed by atoms with Gasteiger partial charge in [0.05, 0.1) is 6.54 Å². The van der Waals surface area contributed by atoms with Crippen LogP contribution in [0.15, 0.2) is 42.7 Å². The Bertz CT molecular complexity index is 595. The van der Waals surface area contributed by atoms with Gasteiger partial charge in [0.25, 0.3) is 0 Å². The number of nitrogens with zero attached hydrogens (tertiary/aromatic N) is 3. The molecule has 0 radical (unpaired) electrons. The average Bonchev–Trinajstić information content (AvgIpc) is 2.92. The van der Waals surface area contributed by atoms with E-state index < -0.39 is 0 Å². The fourth-order valence-electron chi connectivity index (χ4n) is 2.40. The molecule has 0 unspecified atom stereocenters. The first-order valence-corrected chi connectivity index (χ1v) is 6.74. The molecule has 2 aromatic rings. The molecular weight excluding hydrogens is 254 g/mol. The number of aromatic nitrogens is 2. The highest BCUT2D eigenvalue weighted by molar-refractivity contribution is 5.80. The molecule has 104 valence electrons. The van der Waals surface area contributed by atoms with Crippen molar-refractivity contribution in [3.8, 4) is 5.75 Å². The monoisotopic (exact) mass is 271 g/mol. The summed E-state index contributed by atoms with van der Waals surface area (Å²) in [6.45, 7) is 3.57. The van der Waals surface area contributed by atoms with Gasteiger partial charge in [-0.15, -0.1) is 0 Å². The van der Waals surface area contributed by atoms with Crippen LogP contribution < -0.4 is 4.74 Å². The maximum Gasteiger partial charge on any atom is 0.247 e. The lowest BCUT2D eigenvalue weighted by Gasteiger charge is -2.23. The number of benzene rings is 1. The van der Waals surface area contributed by atoms with Crippen LogP contribution in [0.2, 0.25) is 0 Å². The normalized spacial score (nSPS) is 15.9. The minimum atomic E-state index is -0.296. The van der Waals surface area contributed by atoms with Gasteiger partial charge in [-0.25, -0.2) is 0 Å². The molecule has 1 aliphatic heterocycles. The third kappa shape index (κ3) is 2.39. The number of hydrogen-bond donors (Lipinski definition) is 0. The Hall–Kier alpha value is -2.30. The molecule has 0 saturated heterocycles. The quantitative estimate of drug-likeness (QED) is 0.837. The van der Waals surface area contributed by atoms with Gasteiger partial charge in [-0.3, -0.25) is 9.48 Å². The first kappa shape index (κ1) is 12.7. The fourth-order valence-corrected chi connectivity index (χ4v) is 2.40. The van der Waals surface area contributed by atoms with Crippen LogP contribution in [0, 0.1) is 0 Å². The zero-order valence-electron chi connectivity index (χ0n) is 11.4. The van der Waals surface area contributed by atoms with E-state index in [1.54, 1.807) is 10.9 Å². The summed E-state index contributed by atoms with van der Waals surface area (Å²) in [6.07, 6.45) is 3.50. The van der Waals surface area contributed by atoms with Crippen LogP contribution in [0.25, 0.3) is 0 Å². The van der Waals surface area contributed by atoms with E-state index in [4.69, 9.17) is 4.74 Å². The molecule has 5 nitrogen and oxygen atoms in total. The van der Waals surface area contributed by atoms with Crippen LogP contribution in [0.4, 0.5) is 0 Å². The maximum atomic E-state index is 12.6. The predicted octanol–water partition coefficient (Wildman–Crippen LogP) is 1.87. The third-order valence-corrected chi connectivity index (χ3v) is 3.54. The van der Waals surface area contributed by atoms with Gasteiger partial charge in [-0.2, -0.15) is 5.10 Å². The molecule has 1 atom stereocenters. The molecule has 0 aliphatic carbocycles. The molecule has 0 N–H and O–H groups in total. The molecule has 5 heteroatoms. The van der Waals surface area contributed by atoms with Gasteiger partial charge >= 0.3 is 0 Å². The van der Waals surface area contributed by atoms with Crippen molar-refractivity contribution in [1.29, 1.82) is 0 Å². The highest BCUT2D eigenvalue weighted by atomic mass is 16.5. The molecule has 1 aromatic carbocycles. The van der Waals surface area contributed by atoms with Gasteiger partial charge in [0.15, 0.2) is 0 Å². The van der Waals surface area contributed by atoms with E-state index in [0.29, 0.717) is 19.7 Å². The lowest BCUT2D eigenvalue weighted by atomic mass is 10.2. The summed E-state index contributed by atoms with van der Waals surface area (Å²) in [4.78, 5) is 14.4. The molecular formula is C15H17N3O2. The second-order valence-electron chi connectivity index (χ2n) is 4.88. The number of hydrogen-bond acceptors (Lipinski definition) is 3. The van der Waals surface area contributed by atoms with Gasteiger partial charge in [0.1, 0.15) is 18.4 Å². The average molecular weight is 271 g/mol. The van der Waals surface area contributed by atoms with Gasteiger partial charge in [-0.05, 0) is 19.1 Å². The molecule has 1 amide bonds. The molecule has 1 aromatic heterocycles.